The topological polar surface area (TPSA) is 119 Å². The van der Waals surface area contributed by atoms with Gasteiger partial charge >= 0.3 is 0 Å². The number of halogens is 1. The number of nitrogens with zero attached hydrogens (tertiary/aromatic N) is 1. The second-order valence-corrected chi connectivity index (χ2v) is 12.5. The van der Waals surface area contributed by atoms with E-state index in [2.05, 4.69) is 10.5 Å². The predicted molar refractivity (Wildman–Crippen MR) is 154 cm³/mol. The lowest BCUT2D eigenvalue weighted by atomic mass is 9.44. The largest absolute Gasteiger partial charge is 0.390 e. The number of hydrazone groups is 1. The Morgan fingerprint density at radius 3 is 2.34 bits per heavy atom. The quantitative estimate of drug-likeness (QED) is 0.410. The summed E-state index contributed by atoms with van der Waals surface area (Å²) in [6, 6.07) is 16.1. The fraction of sp³-hybridized carbons (Fsp3) is 0.485. The fourth-order valence-corrected chi connectivity index (χ4v) is 8.37. The molecule has 3 fully saturated rings. The lowest BCUT2D eigenvalue weighted by Gasteiger charge is -2.62. The minimum Gasteiger partial charge on any atom is -0.390 e. The first-order valence-electron chi connectivity index (χ1n) is 14.3. The third-order valence-electron chi connectivity index (χ3n) is 10.6. The number of alkyl halides is 1. The highest BCUT2D eigenvalue weighted by Crippen LogP contribution is 2.70. The first-order chi connectivity index (χ1) is 19.4. The summed E-state index contributed by atoms with van der Waals surface area (Å²) in [6.07, 6.45) is 5.08. The van der Waals surface area contributed by atoms with Crippen LogP contribution >= 0.6 is 0 Å². The van der Waals surface area contributed by atoms with Gasteiger partial charge in [-0.2, -0.15) is 5.10 Å². The van der Waals surface area contributed by atoms with Crippen LogP contribution in [0.25, 0.3) is 0 Å². The molecule has 1 amide bonds. The van der Waals surface area contributed by atoms with Crippen molar-refractivity contribution in [2.24, 2.45) is 33.7 Å². The van der Waals surface area contributed by atoms with Gasteiger partial charge in [0.1, 0.15) is 12.2 Å². The van der Waals surface area contributed by atoms with E-state index in [1.807, 2.05) is 30.3 Å². The van der Waals surface area contributed by atoms with Crippen molar-refractivity contribution < 1.29 is 29.3 Å². The molecule has 0 spiro atoms. The molecule has 8 atom stereocenters. The molecule has 0 bridgehead atoms. The summed E-state index contributed by atoms with van der Waals surface area (Å²) in [5.74, 6) is -2.46. The molecule has 0 saturated heterocycles. The maximum atomic E-state index is 17.5. The van der Waals surface area contributed by atoms with Crippen LogP contribution in [0.3, 0.4) is 0 Å². The predicted octanol–water partition coefficient (Wildman–Crippen LogP) is 4.24. The number of aliphatic hydroxyl groups excluding tert-OH is 2. The Bertz CT molecular complexity index is 1370. The zero-order valence-corrected chi connectivity index (χ0v) is 23.8. The minimum atomic E-state index is -2.03. The van der Waals surface area contributed by atoms with E-state index in [4.69, 9.17) is 0 Å². The number of carbonyl (C=O) groups excluding carboxylic acids is 2. The molecule has 218 valence electrons. The minimum absolute atomic E-state index is 0.0903. The number of carbonyl (C=O) groups is 2. The Labute approximate surface area is 240 Å². The lowest BCUT2D eigenvalue weighted by Crippen LogP contribution is -2.69. The second kappa shape index (κ2) is 10.6. The second-order valence-electron chi connectivity index (χ2n) is 12.5. The monoisotopic (exact) mass is 562 g/mol. The molecule has 0 radical (unpaired) electrons. The van der Waals surface area contributed by atoms with E-state index < -0.39 is 52.4 Å². The average Bonchev–Trinajstić information content (AvgIpc) is 3.16. The van der Waals surface area contributed by atoms with Gasteiger partial charge in [0.05, 0.1) is 11.8 Å². The van der Waals surface area contributed by atoms with Crippen LogP contribution < -0.4 is 5.43 Å². The first-order valence-corrected chi connectivity index (χ1v) is 14.3. The molecule has 1 aromatic rings. The van der Waals surface area contributed by atoms with Crippen molar-refractivity contribution in [2.45, 2.75) is 63.8 Å². The van der Waals surface area contributed by atoms with E-state index in [1.54, 1.807) is 63.3 Å². The van der Waals surface area contributed by atoms with Crippen LogP contribution in [0.1, 0.15) is 56.8 Å². The molecule has 0 unspecified atom stereocenters. The summed E-state index contributed by atoms with van der Waals surface area (Å²) >= 11 is 0. The van der Waals surface area contributed by atoms with Crippen LogP contribution in [0, 0.1) is 28.6 Å². The number of ketones is 1. The van der Waals surface area contributed by atoms with Crippen LogP contribution in [0.4, 0.5) is 4.39 Å². The van der Waals surface area contributed by atoms with Crippen LogP contribution in [-0.4, -0.2) is 56.7 Å². The lowest BCUT2D eigenvalue weighted by molar-refractivity contribution is -0.219. The Hall–Kier alpha value is -3.20. The van der Waals surface area contributed by atoms with E-state index in [9.17, 15) is 24.9 Å². The molecule has 4 aliphatic carbocycles. The summed E-state index contributed by atoms with van der Waals surface area (Å²) in [7, 11) is 0. The first kappa shape index (κ1) is 29.3. The van der Waals surface area contributed by atoms with Crippen molar-refractivity contribution in [3.05, 3.63) is 84.0 Å². The molecular weight excluding hydrogens is 523 g/mol. The average molecular weight is 563 g/mol. The number of allylic oxidation sites excluding steroid dienone is 4. The molecule has 41 heavy (non-hydrogen) atoms. The van der Waals surface area contributed by atoms with Gasteiger partial charge in [-0.1, -0.05) is 68.0 Å². The van der Waals surface area contributed by atoms with Crippen LogP contribution in [0.2, 0.25) is 0 Å². The van der Waals surface area contributed by atoms with Gasteiger partial charge in [0.2, 0.25) is 0 Å². The van der Waals surface area contributed by atoms with Gasteiger partial charge in [-0.25, -0.2) is 9.82 Å². The molecular formula is C33H39FN2O5. The van der Waals surface area contributed by atoms with E-state index in [0.29, 0.717) is 30.5 Å². The summed E-state index contributed by atoms with van der Waals surface area (Å²) in [5.41, 5.74) is -1.78. The van der Waals surface area contributed by atoms with Crippen LogP contribution in [0.15, 0.2) is 83.5 Å². The SMILES string of the molecule is C[C@@H]1C[C@H]2[C@@H]3CCC4=C/C(=N/NC(=O)c5ccccccccc5)C=C[C@]4(C)[C@@]3(F)[C@@H](O)C[C@]2(C)[C@@]1(O)C(=O)CO. The van der Waals surface area contributed by atoms with Crippen molar-refractivity contribution in [2.75, 3.05) is 6.61 Å². The fourth-order valence-electron chi connectivity index (χ4n) is 8.37. The van der Waals surface area contributed by atoms with Gasteiger partial charge in [0.15, 0.2) is 11.5 Å². The van der Waals surface area contributed by atoms with Crippen molar-refractivity contribution in [3.63, 3.8) is 0 Å². The van der Waals surface area contributed by atoms with Crippen LogP contribution in [0.5, 0.6) is 0 Å². The molecule has 0 heterocycles. The number of amides is 1. The molecule has 0 aromatic heterocycles. The molecule has 8 heteroatoms. The smallest absolute Gasteiger partial charge is 0.271 e. The highest BCUT2D eigenvalue weighted by molar-refractivity contribution is 6.06. The van der Waals surface area contributed by atoms with Crippen LogP contribution in [-0.2, 0) is 4.79 Å². The normalized spacial score (nSPS) is 40.0. The summed E-state index contributed by atoms with van der Waals surface area (Å²) < 4.78 is 17.5. The molecule has 5 rings (SSSR count). The van der Waals surface area contributed by atoms with E-state index in [0.717, 1.165) is 5.57 Å². The molecule has 4 N–H and O–H groups in total. The Morgan fingerprint density at radius 2 is 1.71 bits per heavy atom. The maximum absolute atomic E-state index is 17.5. The highest BCUT2D eigenvalue weighted by atomic mass is 19.1. The van der Waals surface area contributed by atoms with Gasteiger partial charge in [-0.3, -0.25) is 9.59 Å². The zero-order chi connectivity index (χ0) is 29.6. The van der Waals surface area contributed by atoms with Crippen molar-refractivity contribution >= 4 is 17.4 Å². The summed E-state index contributed by atoms with van der Waals surface area (Å²) in [5, 5.41) is 37.0. The van der Waals surface area contributed by atoms with E-state index in [-0.39, 0.29) is 18.2 Å². The van der Waals surface area contributed by atoms with Gasteiger partial charge in [0.25, 0.3) is 5.91 Å². The highest BCUT2D eigenvalue weighted by Gasteiger charge is 2.75. The van der Waals surface area contributed by atoms with Crippen molar-refractivity contribution in [1.82, 2.24) is 5.43 Å². The number of fused-ring (bicyclic) bond motifs is 5. The maximum Gasteiger partial charge on any atom is 0.271 e. The molecule has 0 aliphatic heterocycles. The number of hydrogen-bond acceptors (Lipinski definition) is 6. The van der Waals surface area contributed by atoms with Gasteiger partial charge in [0, 0.05) is 22.3 Å². The Morgan fingerprint density at radius 1 is 1.07 bits per heavy atom. The summed E-state index contributed by atoms with van der Waals surface area (Å²) in [6.45, 7) is 4.53. The molecule has 7 nitrogen and oxygen atoms in total. The molecule has 3 saturated carbocycles. The number of rotatable bonds is 4. The molecule has 1 aromatic carbocycles. The van der Waals surface area contributed by atoms with Gasteiger partial charge < -0.3 is 15.3 Å². The number of aliphatic hydroxyl groups is 3. The number of nitrogens with one attached hydrogen (secondary N) is 1. The summed E-state index contributed by atoms with van der Waals surface area (Å²) in [4.78, 5) is 25.6. The van der Waals surface area contributed by atoms with Gasteiger partial charge in [-0.15, -0.1) is 0 Å². The number of Topliss-reactive ketones (excluding diaryl/α,β-unsaturated/α-hetero) is 1. The van der Waals surface area contributed by atoms with Gasteiger partial charge in [-0.05, 0) is 68.7 Å². The van der Waals surface area contributed by atoms with E-state index >= 15 is 4.39 Å². The third kappa shape index (κ3) is 4.30. The molecule has 4 aliphatic rings. The number of hydrogen-bond donors (Lipinski definition) is 4. The Balaban J connectivity index is 1.42. The standard InChI is InChI=1S/C33H39FN2O5/c1-21-17-26-25-14-13-23-18-24(35-36-29(40)22-11-9-7-5-4-6-8-10-12-22)15-16-30(23,2)32(25,34)27(38)19-31(26,3)33(21,41)28(39)20-37/h4-12,15-16,18,21,25-27,37-38,41H,13-14,17,19-20H2,1-3H3,(H,36,40)/b5-4?,6-4?,7-5?,8-6?,9-7?,10-8?,11-9?,12-10?,22-11?,22-12?,35-24+/t21-,25+,26+,27+,30+,31+,32+,33+/m1/s1. The zero-order valence-electron chi connectivity index (χ0n) is 23.8. The third-order valence-corrected chi connectivity index (χ3v) is 10.6. The Kier molecular flexibility index (Phi) is 7.55. The van der Waals surface area contributed by atoms with E-state index in [1.165, 1.54) is 0 Å². The van der Waals surface area contributed by atoms with Crippen molar-refractivity contribution in [1.29, 1.82) is 0 Å². The van der Waals surface area contributed by atoms with Crippen molar-refractivity contribution in [3.8, 4) is 0 Å².